The second kappa shape index (κ2) is 8.32. The Labute approximate surface area is 85.8 Å². The lowest BCUT2D eigenvalue weighted by atomic mass is 10.2. The largest absolute Gasteiger partial charge is 0.507 e. The molecule has 0 atom stereocenters. The number of rotatable bonds is 3. The van der Waals surface area contributed by atoms with Crippen molar-refractivity contribution in [2.75, 3.05) is 13.2 Å². The zero-order chi connectivity index (χ0) is 10.8. The molecule has 1 aromatic carbocycles. The van der Waals surface area contributed by atoms with Gasteiger partial charge in [0.15, 0.2) is 0 Å². The summed E-state index contributed by atoms with van der Waals surface area (Å²) in [4.78, 5) is 0. The smallest absolute Gasteiger partial charge is 0.122 e. The van der Waals surface area contributed by atoms with Crippen molar-refractivity contribution in [2.45, 2.75) is 13.8 Å². The average Bonchev–Trinajstić information content (AvgIpc) is 2.21. The van der Waals surface area contributed by atoms with Crippen molar-refractivity contribution in [2.24, 2.45) is 0 Å². The summed E-state index contributed by atoms with van der Waals surface area (Å²) in [5.74, 6) is 0.285. The zero-order valence-corrected chi connectivity index (χ0v) is 8.86. The monoisotopic (exact) mass is 194 g/mol. The maximum atomic E-state index is 9.04. The van der Waals surface area contributed by atoms with Crippen LogP contribution in [0.15, 0.2) is 30.8 Å². The van der Waals surface area contributed by atoms with E-state index in [0.29, 0.717) is 0 Å². The highest BCUT2D eigenvalue weighted by Crippen LogP contribution is 2.15. The van der Waals surface area contributed by atoms with Gasteiger partial charge in [-0.1, -0.05) is 30.9 Å². The number of phenols is 1. The number of phenolic OH excluding ortho intramolecular Hbond substituents is 1. The van der Waals surface area contributed by atoms with Crippen LogP contribution in [0.3, 0.4) is 0 Å². The van der Waals surface area contributed by atoms with E-state index in [1.807, 2.05) is 26.0 Å². The molecular formula is C12H18O2. The highest BCUT2D eigenvalue weighted by Gasteiger charge is 1.89. The van der Waals surface area contributed by atoms with E-state index in [4.69, 9.17) is 9.84 Å². The van der Waals surface area contributed by atoms with E-state index in [2.05, 4.69) is 6.58 Å². The molecular weight excluding hydrogens is 176 g/mol. The van der Waals surface area contributed by atoms with Crippen molar-refractivity contribution in [1.82, 2.24) is 0 Å². The molecule has 0 aliphatic rings. The van der Waals surface area contributed by atoms with E-state index in [1.54, 1.807) is 18.2 Å². The molecule has 0 radical (unpaired) electrons. The fraction of sp³-hybridized carbons (Fsp3) is 0.333. The van der Waals surface area contributed by atoms with E-state index in [9.17, 15) is 0 Å². The first-order valence-corrected chi connectivity index (χ1v) is 4.74. The van der Waals surface area contributed by atoms with Crippen molar-refractivity contribution >= 4 is 6.08 Å². The predicted molar refractivity (Wildman–Crippen MR) is 60.4 cm³/mol. The summed E-state index contributed by atoms with van der Waals surface area (Å²) in [6, 6.07) is 7.08. The summed E-state index contributed by atoms with van der Waals surface area (Å²) < 4.78 is 4.83. The van der Waals surface area contributed by atoms with Crippen molar-refractivity contribution in [3.05, 3.63) is 36.4 Å². The number of aromatic hydroxyl groups is 1. The molecule has 1 rings (SSSR count). The summed E-state index contributed by atoms with van der Waals surface area (Å²) in [7, 11) is 0. The van der Waals surface area contributed by atoms with Crippen molar-refractivity contribution in [3.63, 3.8) is 0 Å². The maximum Gasteiger partial charge on any atom is 0.122 e. The second-order valence-electron chi connectivity index (χ2n) is 2.54. The van der Waals surface area contributed by atoms with Crippen LogP contribution < -0.4 is 0 Å². The summed E-state index contributed by atoms with van der Waals surface area (Å²) in [5, 5.41) is 9.04. The zero-order valence-electron chi connectivity index (χ0n) is 8.86. The standard InChI is InChI=1S/C8H8O.C4H10O/c1-2-7-5-3-4-6-8(7)9;1-3-5-4-2/h2-6,9H,1H2;3-4H2,1-2H3. The molecule has 0 aliphatic heterocycles. The van der Waals surface area contributed by atoms with E-state index in [0.717, 1.165) is 18.8 Å². The van der Waals surface area contributed by atoms with Gasteiger partial charge in [0.2, 0.25) is 0 Å². The summed E-state index contributed by atoms with van der Waals surface area (Å²) in [5.41, 5.74) is 0.775. The molecule has 0 fully saturated rings. The predicted octanol–water partition coefficient (Wildman–Crippen LogP) is 3.08. The SMILES string of the molecule is C=Cc1ccccc1O.CCOCC. The van der Waals surface area contributed by atoms with Gasteiger partial charge in [0.25, 0.3) is 0 Å². The molecule has 2 nitrogen and oxygen atoms in total. The van der Waals surface area contributed by atoms with Gasteiger partial charge in [0.1, 0.15) is 5.75 Å². The molecule has 0 aromatic heterocycles. The second-order valence-corrected chi connectivity index (χ2v) is 2.54. The van der Waals surface area contributed by atoms with Gasteiger partial charge in [0.05, 0.1) is 0 Å². The van der Waals surface area contributed by atoms with Crippen LogP contribution in [0.25, 0.3) is 6.08 Å². The third-order valence-electron chi connectivity index (χ3n) is 1.56. The van der Waals surface area contributed by atoms with Crippen molar-refractivity contribution in [3.8, 4) is 5.75 Å². The molecule has 0 amide bonds. The van der Waals surface area contributed by atoms with Crippen LogP contribution in [-0.2, 0) is 4.74 Å². The number of ether oxygens (including phenoxy) is 1. The van der Waals surface area contributed by atoms with Crippen LogP contribution in [0.2, 0.25) is 0 Å². The Morgan fingerprint density at radius 1 is 1.29 bits per heavy atom. The first-order valence-electron chi connectivity index (χ1n) is 4.74. The lowest BCUT2D eigenvalue weighted by Crippen LogP contribution is -1.84. The first-order chi connectivity index (χ1) is 6.76. The molecule has 0 bridgehead atoms. The lowest BCUT2D eigenvalue weighted by molar-refractivity contribution is 0.162. The molecule has 1 N–H and O–H groups in total. The number of para-hydroxylation sites is 1. The van der Waals surface area contributed by atoms with E-state index >= 15 is 0 Å². The summed E-state index contributed by atoms with van der Waals surface area (Å²) >= 11 is 0. The van der Waals surface area contributed by atoms with E-state index in [1.165, 1.54) is 0 Å². The van der Waals surface area contributed by atoms with Crippen LogP contribution in [0.4, 0.5) is 0 Å². The van der Waals surface area contributed by atoms with Gasteiger partial charge in [-0.25, -0.2) is 0 Å². The molecule has 0 saturated heterocycles. The Kier molecular flexibility index (Phi) is 7.56. The quantitative estimate of drug-likeness (QED) is 0.801. The Bertz CT molecular complexity index is 254. The molecule has 1 aromatic rings. The van der Waals surface area contributed by atoms with Gasteiger partial charge < -0.3 is 9.84 Å². The highest BCUT2D eigenvalue weighted by atomic mass is 16.5. The third kappa shape index (κ3) is 5.38. The number of hydrogen-bond donors (Lipinski definition) is 1. The Morgan fingerprint density at radius 3 is 2.14 bits per heavy atom. The fourth-order valence-corrected chi connectivity index (χ4v) is 0.864. The molecule has 0 unspecified atom stereocenters. The minimum absolute atomic E-state index is 0.285. The fourth-order valence-electron chi connectivity index (χ4n) is 0.864. The molecule has 2 heteroatoms. The van der Waals surface area contributed by atoms with Crippen LogP contribution >= 0.6 is 0 Å². The van der Waals surface area contributed by atoms with Gasteiger partial charge in [-0.15, -0.1) is 0 Å². The van der Waals surface area contributed by atoms with Gasteiger partial charge in [-0.2, -0.15) is 0 Å². The Morgan fingerprint density at radius 2 is 1.86 bits per heavy atom. The van der Waals surface area contributed by atoms with Crippen molar-refractivity contribution in [1.29, 1.82) is 0 Å². The lowest BCUT2D eigenvalue weighted by Gasteiger charge is -1.93. The van der Waals surface area contributed by atoms with Gasteiger partial charge >= 0.3 is 0 Å². The molecule has 0 saturated carbocycles. The average molecular weight is 194 g/mol. The molecule has 78 valence electrons. The normalized spacial score (nSPS) is 8.71. The van der Waals surface area contributed by atoms with E-state index < -0.39 is 0 Å². The van der Waals surface area contributed by atoms with Crippen molar-refractivity contribution < 1.29 is 9.84 Å². The van der Waals surface area contributed by atoms with Crippen LogP contribution in [0.1, 0.15) is 19.4 Å². The van der Waals surface area contributed by atoms with Crippen LogP contribution in [0, 0.1) is 0 Å². The van der Waals surface area contributed by atoms with Crippen LogP contribution in [-0.4, -0.2) is 18.3 Å². The first kappa shape index (κ1) is 12.7. The molecule has 0 heterocycles. The van der Waals surface area contributed by atoms with Gasteiger partial charge in [0, 0.05) is 18.8 Å². The summed E-state index contributed by atoms with van der Waals surface area (Å²) in [6.07, 6.45) is 1.62. The summed E-state index contributed by atoms with van der Waals surface area (Å²) in [6.45, 7) is 9.20. The maximum absolute atomic E-state index is 9.04. The topological polar surface area (TPSA) is 29.5 Å². The third-order valence-corrected chi connectivity index (χ3v) is 1.56. The highest BCUT2D eigenvalue weighted by molar-refractivity contribution is 5.54. The molecule has 0 aliphatic carbocycles. The molecule has 14 heavy (non-hydrogen) atoms. The van der Waals surface area contributed by atoms with Gasteiger partial charge in [-0.05, 0) is 19.9 Å². The Hall–Kier alpha value is -1.28. The van der Waals surface area contributed by atoms with Gasteiger partial charge in [-0.3, -0.25) is 0 Å². The molecule has 0 spiro atoms. The minimum atomic E-state index is 0.285. The number of benzene rings is 1. The van der Waals surface area contributed by atoms with E-state index in [-0.39, 0.29) is 5.75 Å². The Balaban J connectivity index is 0.000000292. The minimum Gasteiger partial charge on any atom is -0.507 e. The number of hydrogen-bond acceptors (Lipinski definition) is 2. The van der Waals surface area contributed by atoms with Crippen LogP contribution in [0.5, 0.6) is 5.75 Å².